The maximum absolute atomic E-state index is 12.3. The topological polar surface area (TPSA) is 92.6 Å². The van der Waals surface area contributed by atoms with Gasteiger partial charge in [-0.2, -0.15) is 4.31 Å². The highest BCUT2D eigenvalue weighted by atomic mass is 32.2. The summed E-state index contributed by atoms with van der Waals surface area (Å²) in [6.07, 6.45) is 0. The van der Waals surface area contributed by atoms with Crippen molar-refractivity contribution < 1.29 is 13.3 Å². The van der Waals surface area contributed by atoms with Crippen LogP contribution in [0.15, 0.2) is 23.1 Å². The zero-order chi connectivity index (χ0) is 14.0. The molecule has 0 bridgehead atoms. The van der Waals surface area contributed by atoms with Gasteiger partial charge in [-0.05, 0) is 19.1 Å². The van der Waals surface area contributed by atoms with Gasteiger partial charge in [-0.3, -0.25) is 10.1 Å². The molecule has 1 N–H and O–H groups in total. The number of piperazine rings is 1. The number of benzene rings is 1. The summed E-state index contributed by atoms with van der Waals surface area (Å²) >= 11 is 0. The van der Waals surface area contributed by atoms with Gasteiger partial charge in [0.2, 0.25) is 10.0 Å². The van der Waals surface area contributed by atoms with Crippen LogP contribution in [0.1, 0.15) is 5.56 Å². The Labute approximate surface area is 111 Å². The molecule has 1 saturated heterocycles. The van der Waals surface area contributed by atoms with Crippen LogP contribution in [-0.2, 0) is 10.0 Å². The van der Waals surface area contributed by atoms with Crippen molar-refractivity contribution in [3.8, 4) is 0 Å². The van der Waals surface area contributed by atoms with E-state index in [4.69, 9.17) is 0 Å². The fourth-order valence-electron chi connectivity index (χ4n) is 2.03. The molecule has 0 aromatic heterocycles. The highest BCUT2D eigenvalue weighted by Crippen LogP contribution is 2.23. The molecule has 2 rings (SSSR count). The molecule has 1 aromatic rings. The summed E-state index contributed by atoms with van der Waals surface area (Å²) in [5, 5.41) is 13.8. The van der Waals surface area contributed by atoms with Crippen molar-refractivity contribution in [2.75, 3.05) is 26.2 Å². The molecule has 1 aliphatic rings. The van der Waals surface area contributed by atoms with Gasteiger partial charge in [-0.15, -0.1) is 0 Å². The zero-order valence-electron chi connectivity index (χ0n) is 10.5. The third-order valence-electron chi connectivity index (χ3n) is 3.08. The van der Waals surface area contributed by atoms with Crippen LogP contribution in [0, 0.1) is 17.0 Å². The summed E-state index contributed by atoms with van der Waals surface area (Å²) in [4.78, 5) is 10.3. The average Bonchev–Trinajstić information content (AvgIpc) is 2.39. The number of nitro benzene ring substituents is 1. The van der Waals surface area contributed by atoms with Crippen molar-refractivity contribution in [3.05, 3.63) is 33.9 Å². The molecular formula is C11H15N3O4S. The molecule has 1 heterocycles. The summed E-state index contributed by atoms with van der Waals surface area (Å²) in [5.74, 6) is 0. The predicted octanol–water partition coefficient (Wildman–Crippen LogP) is 0.497. The van der Waals surface area contributed by atoms with Gasteiger partial charge in [0.1, 0.15) is 0 Å². The maximum Gasteiger partial charge on any atom is 0.272 e. The number of nitrogens with zero attached hydrogens (tertiary/aromatic N) is 2. The molecule has 1 aromatic carbocycles. The number of nitrogens with one attached hydrogen (secondary N) is 1. The molecule has 1 aliphatic heterocycles. The fourth-order valence-corrected chi connectivity index (χ4v) is 3.55. The quantitative estimate of drug-likeness (QED) is 0.644. The molecule has 0 atom stereocenters. The third-order valence-corrected chi connectivity index (χ3v) is 4.97. The summed E-state index contributed by atoms with van der Waals surface area (Å²) in [7, 11) is -3.56. The van der Waals surface area contributed by atoms with Gasteiger partial charge >= 0.3 is 0 Å². The molecule has 0 amide bonds. The van der Waals surface area contributed by atoms with E-state index in [1.54, 1.807) is 0 Å². The molecule has 7 nitrogen and oxygen atoms in total. The third kappa shape index (κ3) is 2.75. The lowest BCUT2D eigenvalue weighted by atomic mass is 10.2. The Morgan fingerprint density at radius 1 is 1.32 bits per heavy atom. The Morgan fingerprint density at radius 3 is 2.47 bits per heavy atom. The van der Waals surface area contributed by atoms with E-state index in [2.05, 4.69) is 5.32 Å². The van der Waals surface area contributed by atoms with Crippen LogP contribution < -0.4 is 5.32 Å². The maximum atomic E-state index is 12.3. The van der Waals surface area contributed by atoms with Crippen LogP contribution >= 0.6 is 0 Å². The number of sulfonamides is 1. The molecular weight excluding hydrogens is 270 g/mol. The van der Waals surface area contributed by atoms with E-state index in [1.807, 2.05) is 0 Å². The number of rotatable bonds is 3. The first kappa shape index (κ1) is 13.9. The standard InChI is InChI=1S/C11H15N3O4S/c1-9-8-10(2-3-11(9)14(15)16)19(17,18)13-6-4-12-5-7-13/h2-3,8,12H,4-7H2,1H3. The lowest BCUT2D eigenvalue weighted by Crippen LogP contribution is -2.46. The second kappa shape index (κ2) is 5.24. The van der Waals surface area contributed by atoms with Crippen molar-refractivity contribution in [3.63, 3.8) is 0 Å². The van der Waals surface area contributed by atoms with Crippen LogP contribution in [0.2, 0.25) is 0 Å². The molecule has 0 radical (unpaired) electrons. The highest BCUT2D eigenvalue weighted by molar-refractivity contribution is 7.89. The first-order valence-electron chi connectivity index (χ1n) is 5.89. The van der Waals surface area contributed by atoms with Crippen molar-refractivity contribution in [2.24, 2.45) is 0 Å². The first-order chi connectivity index (χ1) is 8.93. The second-order valence-electron chi connectivity index (χ2n) is 4.36. The first-order valence-corrected chi connectivity index (χ1v) is 7.33. The Bertz CT molecular complexity index is 594. The van der Waals surface area contributed by atoms with Gasteiger partial charge in [0.05, 0.1) is 9.82 Å². The molecule has 1 fully saturated rings. The van der Waals surface area contributed by atoms with Crippen molar-refractivity contribution >= 4 is 15.7 Å². The summed E-state index contributed by atoms with van der Waals surface area (Å²) in [5.41, 5.74) is 0.278. The van der Waals surface area contributed by atoms with E-state index in [0.717, 1.165) is 0 Å². The molecule has 0 aliphatic carbocycles. The van der Waals surface area contributed by atoms with E-state index >= 15 is 0 Å². The molecule has 8 heteroatoms. The van der Waals surface area contributed by atoms with Crippen LogP contribution in [0.3, 0.4) is 0 Å². The minimum absolute atomic E-state index is 0.0701. The number of hydrogen-bond acceptors (Lipinski definition) is 5. The SMILES string of the molecule is Cc1cc(S(=O)(=O)N2CCNCC2)ccc1[N+](=O)[O-]. The van der Waals surface area contributed by atoms with Crippen LogP contribution in [0.4, 0.5) is 5.69 Å². The van der Waals surface area contributed by atoms with Gasteiger partial charge in [0.25, 0.3) is 5.69 Å². The number of nitro groups is 1. The predicted molar refractivity (Wildman–Crippen MR) is 69.5 cm³/mol. The van der Waals surface area contributed by atoms with Crippen molar-refractivity contribution in [2.45, 2.75) is 11.8 Å². The minimum atomic E-state index is -3.56. The van der Waals surface area contributed by atoms with Crippen LogP contribution in [-0.4, -0.2) is 43.8 Å². The van der Waals surface area contributed by atoms with Gasteiger partial charge in [-0.25, -0.2) is 8.42 Å². The average molecular weight is 285 g/mol. The second-order valence-corrected chi connectivity index (χ2v) is 6.30. The normalized spacial score (nSPS) is 17.3. The Morgan fingerprint density at radius 2 is 1.95 bits per heavy atom. The minimum Gasteiger partial charge on any atom is -0.314 e. The van der Waals surface area contributed by atoms with E-state index in [9.17, 15) is 18.5 Å². The largest absolute Gasteiger partial charge is 0.314 e. The van der Waals surface area contributed by atoms with E-state index in [-0.39, 0.29) is 10.6 Å². The summed E-state index contributed by atoms with van der Waals surface area (Å²) < 4.78 is 26.1. The Kier molecular flexibility index (Phi) is 3.83. The molecule has 0 spiro atoms. The number of hydrogen-bond donors (Lipinski definition) is 1. The van der Waals surface area contributed by atoms with E-state index in [0.29, 0.717) is 31.7 Å². The van der Waals surface area contributed by atoms with E-state index in [1.165, 1.54) is 29.4 Å². The van der Waals surface area contributed by atoms with Gasteiger partial charge in [0, 0.05) is 37.8 Å². The lowest BCUT2D eigenvalue weighted by molar-refractivity contribution is -0.385. The van der Waals surface area contributed by atoms with Gasteiger partial charge < -0.3 is 5.32 Å². The van der Waals surface area contributed by atoms with Crippen LogP contribution in [0.5, 0.6) is 0 Å². The van der Waals surface area contributed by atoms with Gasteiger partial charge in [0.15, 0.2) is 0 Å². The van der Waals surface area contributed by atoms with E-state index < -0.39 is 14.9 Å². The van der Waals surface area contributed by atoms with Gasteiger partial charge in [-0.1, -0.05) is 0 Å². The van der Waals surface area contributed by atoms with Crippen LogP contribution in [0.25, 0.3) is 0 Å². The molecule has 0 unspecified atom stereocenters. The lowest BCUT2D eigenvalue weighted by Gasteiger charge is -2.26. The zero-order valence-corrected chi connectivity index (χ0v) is 11.3. The number of aryl methyl sites for hydroxylation is 1. The molecule has 19 heavy (non-hydrogen) atoms. The highest BCUT2D eigenvalue weighted by Gasteiger charge is 2.27. The van der Waals surface area contributed by atoms with Crippen molar-refractivity contribution in [1.82, 2.24) is 9.62 Å². The molecule has 104 valence electrons. The molecule has 0 saturated carbocycles. The smallest absolute Gasteiger partial charge is 0.272 e. The van der Waals surface area contributed by atoms with Crippen molar-refractivity contribution in [1.29, 1.82) is 0 Å². The fraction of sp³-hybridized carbons (Fsp3) is 0.455. The summed E-state index contributed by atoms with van der Waals surface area (Å²) in [6.45, 7) is 3.60. The Hall–Kier alpha value is -1.51. The Balaban J connectivity index is 2.35. The monoisotopic (exact) mass is 285 g/mol. The summed E-state index contributed by atoms with van der Waals surface area (Å²) in [6, 6.07) is 3.89.